The molecule has 5 rings (SSSR count). The van der Waals surface area contributed by atoms with Crippen molar-refractivity contribution in [3.63, 3.8) is 0 Å². The maximum absolute atomic E-state index is 13.3. The Morgan fingerprint density at radius 1 is 1.06 bits per heavy atom. The van der Waals surface area contributed by atoms with E-state index in [0.717, 1.165) is 22.6 Å². The molecule has 3 heterocycles. The Kier molecular flexibility index (Phi) is 5.98. The third-order valence-corrected chi connectivity index (χ3v) is 6.18. The Morgan fingerprint density at radius 3 is 2.59 bits per heavy atom. The molecule has 0 saturated carbocycles. The van der Waals surface area contributed by atoms with Crippen LogP contribution in [-0.4, -0.2) is 41.6 Å². The van der Waals surface area contributed by atoms with Gasteiger partial charge in [0.1, 0.15) is 28.8 Å². The summed E-state index contributed by atoms with van der Waals surface area (Å²) in [4.78, 5) is 28.8. The maximum atomic E-state index is 13.3. The topological polar surface area (TPSA) is 80.2 Å². The quantitative estimate of drug-likeness (QED) is 0.400. The van der Waals surface area contributed by atoms with Gasteiger partial charge in [0.2, 0.25) is 5.91 Å². The summed E-state index contributed by atoms with van der Waals surface area (Å²) in [7, 11) is 3.79. The largest absolute Gasteiger partial charge is 0.493 e. The van der Waals surface area contributed by atoms with Gasteiger partial charge in [0, 0.05) is 35.3 Å². The Labute approximate surface area is 206 Å². The Balaban J connectivity index is 1.57. The first-order valence-electron chi connectivity index (χ1n) is 10.7. The lowest BCUT2D eigenvalue weighted by atomic mass is 9.92. The molecule has 1 amide bonds. The standard InChI is InChI=1S/C25H21Cl2N5O2/c1-32(2)24-19(31-25(33)18-7-8-34-20-6-4-3-5-17(18)20)12-28-22-21(29-13-30-23(22)24)14-9-15(26)11-16(27)10-14/h3-6,9-13,18H,7-8H2,1-2H3,(H,31,33)/t18-/m0/s1. The number of fused-ring (bicyclic) bond motifs is 2. The van der Waals surface area contributed by atoms with Crippen LogP contribution in [0.2, 0.25) is 10.0 Å². The number of pyridine rings is 1. The first kappa shape index (κ1) is 22.4. The molecular weight excluding hydrogens is 473 g/mol. The molecule has 0 radical (unpaired) electrons. The van der Waals surface area contributed by atoms with Gasteiger partial charge in [0.15, 0.2) is 0 Å². The Morgan fingerprint density at radius 2 is 1.82 bits per heavy atom. The van der Waals surface area contributed by atoms with Gasteiger partial charge in [-0.15, -0.1) is 0 Å². The summed E-state index contributed by atoms with van der Waals surface area (Å²) in [5, 5.41) is 4.08. The minimum Gasteiger partial charge on any atom is -0.493 e. The Hall–Kier alpha value is -3.42. The van der Waals surface area contributed by atoms with Crippen molar-refractivity contribution in [1.29, 1.82) is 0 Å². The van der Waals surface area contributed by atoms with E-state index in [2.05, 4.69) is 20.3 Å². The van der Waals surface area contributed by atoms with E-state index in [1.807, 2.05) is 43.3 Å². The maximum Gasteiger partial charge on any atom is 0.232 e. The SMILES string of the molecule is CN(C)c1c(NC(=O)[C@H]2CCOc3ccccc32)cnc2c(-c3cc(Cl)cc(Cl)c3)ncnc12. The van der Waals surface area contributed by atoms with E-state index < -0.39 is 0 Å². The fraction of sp³-hybridized carbons (Fsp3) is 0.200. The number of halogens is 2. The summed E-state index contributed by atoms with van der Waals surface area (Å²) >= 11 is 12.4. The fourth-order valence-corrected chi connectivity index (χ4v) is 4.80. The van der Waals surface area contributed by atoms with Gasteiger partial charge >= 0.3 is 0 Å². The van der Waals surface area contributed by atoms with E-state index in [1.54, 1.807) is 24.4 Å². The number of nitrogens with zero attached hydrogens (tertiary/aromatic N) is 4. The number of benzene rings is 2. The molecule has 9 heteroatoms. The van der Waals surface area contributed by atoms with Gasteiger partial charge in [0.25, 0.3) is 0 Å². The van der Waals surface area contributed by atoms with E-state index in [0.29, 0.717) is 45.5 Å². The minimum atomic E-state index is -0.315. The van der Waals surface area contributed by atoms with Crippen molar-refractivity contribution in [3.8, 4) is 17.0 Å². The van der Waals surface area contributed by atoms with Crippen molar-refractivity contribution in [3.05, 3.63) is 70.6 Å². The van der Waals surface area contributed by atoms with Gasteiger partial charge in [0.05, 0.1) is 30.1 Å². The summed E-state index contributed by atoms with van der Waals surface area (Å²) in [6.07, 6.45) is 3.71. The monoisotopic (exact) mass is 493 g/mol. The number of nitrogens with one attached hydrogen (secondary N) is 1. The van der Waals surface area contributed by atoms with Gasteiger partial charge in [-0.2, -0.15) is 0 Å². The van der Waals surface area contributed by atoms with Crippen LogP contribution in [0.1, 0.15) is 17.9 Å². The van der Waals surface area contributed by atoms with Crippen LogP contribution in [0.4, 0.5) is 11.4 Å². The molecule has 2 aromatic carbocycles. The number of para-hydroxylation sites is 1. The number of amides is 1. The second kappa shape index (κ2) is 9.08. The fourth-order valence-electron chi connectivity index (χ4n) is 4.27. The predicted molar refractivity (Wildman–Crippen MR) is 135 cm³/mol. The predicted octanol–water partition coefficient (Wildman–Crippen LogP) is 5.57. The first-order valence-corrected chi connectivity index (χ1v) is 11.5. The minimum absolute atomic E-state index is 0.115. The number of carbonyl (C=O) groups excluding carboxylic acids is 1. The number of aromatic nitrogens is 3. The van der Waals surface area contributed by atoms with Crippen molar-refractivity contribution in [2.45, 2.75) is 12.3 Å². The van der Waals surface area contributed by atoms with Crippen molar-refractivity contribution >= 4 is 51.5 Å². The van der Waals surface area contributed by atoms with Gasteiger partial charge < -0.3 is 15.0 Å². The normalized spacial score (nSPS) is 14.9. The lowest BCUT2D eigenvalue weighted by molar-refractivity contribution is -0.118. The molecule has 1 aliphatic rings. The second-order valence-electron chi connectivity index (χ2n) is 8.21. The zero-order valence-corrected chi connectivity index (χ0v) is 20.1. The van der Waals surface area contributed by atoms with Crippen LogP contribution in [0.25, 0.3) is 22.3 Å². The summed E-state index contributed by atoms with van der Waals surface area (Å²) in [5.41, 5.74) is 4.71. The van der Waals surface area contributed by atoms with Crippen molar-refractivity contribution in [2.75, 3.05) is 30.9 Å². The third kappa shape index (κ3) is 4.13. The van der Waals surface area contributed by atoms with Crippen LogP contribution in [0.3, 0.4) is 0 Å². The van der Waals surface area contributed by atoms with E-state index in [-0.39, 0.29) is 11.8 Å². The number of hydrogen-bond donors (Lipinski definition) is 1. The molecule has 1 atom stereocenters. The molecule has 1 aliphatic heterocycles. The second-order valence-corrected chi connectivity index (χ2v) is 9.08. The molecule has 0 aliphatic carbocycles. The molecule has 0 saturated heterocycles. The highest BCUT2D eigenvalue weighted by Crippen LogP contribution is 2.38. The van der Waals surface area contributed by atoms with Gasteiger partial charge in [-0.3, -0.25) is 4.79 Å². The molecule has 2 aromatic heterocycles. The van der Waals surface area contributed by atoms with Crippen LogP contribution in [0.5, 0.6) is 5.75 Å². The lowest BCUT2D eigenvalue weighted by Crippen LogP contribution is -2.27. The molecule has 172 valence electrons. The number of ether oxygens (including phenoxy) is 1. The summed E-state index contributed by atoms with van der Waals surface area (Å²) in [5.74, 6) is 0.317. The highest BCUT2D eigenvalue weighted by molar-refractivity contribution is 6.35. The summed E-state index contributed by atoms with van der Waals surface area (Å²) in [6, 6.07) is 12.9. The summed E-state index contributed by atoms with van der Waals surface area (Å²) in [6.45, 7) is 0.490. The summed E-state index contributed by atoms with van der Waals surface area (Å²) < 4.78 is 5.71. The molecule has 7 nitrogen and oxygen atoms in total. The van der Waals surface area contributed by atoms with Crippen molar-refractivity contribution in [2.24, 2.45) is 0 Å². The molecule has 1 N–H and O–H groups in total. The third-order valence-electron chi connectivity index (χ3n) is 5.74. The first-order chi connectivity index (χ1) is 16.4. The van der Waals surface area contributed by atoms with Crippen molar-refractivity contribution in [1.82, 2.24) is 15.0 Å². The zero-order chi connectivity index (χ0) is 23.8. The number of carbonyl (C=O) groups is 1. The van der Waals surface area contributed by atoms with Crippen LogP contribution in [0.15, 0.2) is 55.0 Å². The van der Waals surface area contributed by atoms with Crippen molar-refractivity contribution < 1.29 is 9.53 Å². The molecular formula is C25H21Cl2N5O2. The van der Waals surface area contributed by atoms with E-state index in [9.17, 15) is 4.79 Å². The zero-order valence-electron chi connectivity index (χ0n) is 18.5. The Bertz CT molecular complexity index is 1390. The molecule has 0 spiro atoms. The van der Waals surface area contributed by atoms with Crippen LogP contribution in [0, 0.1) is 0 Å². The van der Waals surface area contributed by atoms with Gasteiger partial charge in [-0.25, -0.2) is 15.0 Å². The highest BCUT2D eigenvalue weighted by Gasteiger charge is 2.28. The van der Waals surface area contributed by atoms with E-state index in [4.69, 9.17) is 27.9 Å². The molecule has 34 heavy (non-hydrogen) atoms. The van der Waals surface area contributed by atoms with Crippen LogP contribution < -0.4 is 15.0 Å². The number of hydrogen-bond acceptors (Lipinski definition) is 6. The van der Waals surface area contributed by atoms with Gasteiger partial charge in [-0.1, -0.05) is 41.4 Å². The lowest BCUT2D eigenvalue weighted by Gasteiger charge is -2.26. The average molecular weight is 494 g/mol. The number of anilines is 2. The molecule has 0 fully saturated rings. The van der Waals surface area contributed by atoms with Crippen LogP contribution in [-0.2, 0) is 4.79 Å². The molecule has 0 bridgehead atoms. The van der Waals surface area contributed by atoms with E-state index in [1.165, 1.54) is 6.33 Å². The van der Waals surface area contributed by atoms with Crippen LogP contribution >= 0.6 is 23.2 Å². The number of rotatable bonds is 4. The van der Waals surface area contributed by atoms with E-state index >= 15 is 0 Å². The molecule has 4 aromatic rings. The smallest absolute Gasteiger partial charge is 0.232 e. The average Bonchev–Trinajstić information content (AvgIpc) is 2.82. The molecule has 0 unspecified atom stereocenters. The van der Waals surface area contributed by atoms with Gasteiger partial charge in [-0.05, 0) is 30.7 Å². The highest BCUT2D eigenvalue weighted by atomic mass is 35.5.